The molecule has 0 aliphatic rings. The quantitative estimate of drug-likeness (QED) is 0.396. The molecular formula is C5H15B. The smallest absolute Gasteiger partial charge is 0.0606 e. The van der Waals surface area contributed by atoms with Crippen molar-refractivity contribution in [1.82, 2.24) is 0 Å². The molecule has 0 heterocycles. The SMILES string of the molecule is CC.CC.[B]C. The minimum Gasteiger partial charge on any atom is -0.0999 e. The highest BCUT2D eigenvalue weighted by Gasteiger charge is 0.984. The maximum Gasteiger partial charge on any atom is 0.0606 e. The van der Waals surface area contributed by atoms with Gasteiger partial charge < -0.3 is 0 Å². The van der Waals surface area contributed by atoms with Crippen LogP contribution < -0.4 is 0 Å². The third kappa shape index (κ3) is 9060. The van der Waals surface area contributed by atoms with Crippen molar-refractivity contribution in [2.75, 3.05) is 0 Å². The summed E-state index contributed by atoms with van der Waals surface area (Å²) in [5.74, 6) is 0. The van der Waals surface area contributed by atoms with Gasteiger partial charge in [0.1, 0.15) is 0 Å². The third-order valence-corrected chi connectivity index (χ3v) is 0. The third-order valence-electron chi connectivity index (χ3n) is 0. The van der Waals surface area contributed by atoms with Crippen LogP contribution in [0.2, 0.25) is 6.82 Å². The van der Waals surface area contributed by atoms with Gasteiger partial charge in [0.2, 0.25) is 0 Å². The average molecular weight is 86.0 g/mol. The van der Waals surface area contributed by atoms with Gasteiger partial charge in [-0.15, -0.1) is 0 Å². The van der Waals surface area contributed by atoms with Crippen LogP contribution in [0, 0.1) is 0 Å². The Bertz CT molecular complexity index is 3.90. The summed E-state index contributed by atoms with van der Waals surface area (Å²) in [5, 5.41) is 0. The first-order chi connectivity index (χ1) is 3.00. The average Bonchev–Trinajstić information content (AvgIpc) is 1.81. The Balaban J connectivity index is -0.0000000225. The molecule has 1 heteroatoms. The molecule has 0 rings (SSSR count). The Hall–Kier alpha value is 0.0649. The zero-order valence-corrected chi connectivity index (χ0v) is 5.58. The molecule has 0 amide bonds. The van der Waals surface area contributed by atoms with Gasteiger partial charge in [-0.1, -0.05) is 34.5 Å². The summed E-state index contributed by atoms with van der Waals surface area (Å²) >= 11 is 0. The minimum absolute atomic E-state index is 1.50. The van der Waals surface area contributed by atoms with Crippen molar-refractivity contribution < 1.29 is 0 Å². The molecule has 6 heavy (non-hydrogen) atoms. The topological polar surface area (TPSA) is 0 Å². The molecule has 0 aliphatic heterocycles. The number of hydrogen-bond acceptors (Lipinski definition) is 0. The van der Waals surface area contributed by atoms with E-state index in [4.69, 9.17) is 0 Å². The molecule has 0 N–H and O–H groups in total. The van der Waals surface area contributed by atoms with Crippen molar-refractivity contribution in [3.63, 3.8) is 0 Å². The van der Waals surface area contributed by atoms with Crippen LogP contribution in [0.25, 0.3) is 0 Å². The highest BCUT2D eigenvalue weighted by Crippen LogP contribution is 1.15. The normalized spacial score (nSPS) is 2.83. The highest BCUT2D eigenvalue weighted by atomic mass is 13.0. The summed E-state index contributed by atoms with van der Waals surface area (Å²) in [4.78, 5) is 0. The summed E-state index contributed by atoms with van der Waals surface area (Å²) in [6.45, 7) is 9.50. The minimum atomic E-state index is 1.50. The van der Waals surface area contributed by atoms with Gasteiger partial charge in [0.15, 0.2) is 0 Å². The predicted octanol–water partition coefficient (Wildman–Crippen LogP) is 2.26. The summed E-state index contributed by atoms with van der Waals surface area (Å²) in [6.07, 6.45) is 0. The lowest BCUT2D eigenvalue weighted by atomic mass is 10.2. The fraction of sp³-hybridized carbons (Fsp3) is 1.00. The first-order valence-electron chi connectivity index (χ1n) is 2.58. The number of rotatable bonds is 0. The van der Waals surface area contributed by atoms with Crippen molar-refractivity contribution in [3.05, 3.63) is 0 Å². The van der Waals surface area contributed by atoms with Crippen LogP contribution >= 0.6 is 0 Å². The lowest BCUT2D eigenvalue weighted by Crippen LogP contribution is -1.13. The van der Waals surface area contributed by atoms with E-state index >= 15 is 0 Å². The van der Waals surface area contributed by atoms with Gasteiger partial charge in [0.05, 0.1) is 7.85 Å². The van der Waals surface area contributed by atoms with Crippen LogP contribution in [0.15, 0.2) is 0 Å². The highest BCUT2D eigenvalue weighted by molar-refractivity contribution is 6.05. The fourth-order valence-corrected chi connectivity index (χ4v) is 0. The van der Waals surface area contributed by atoms with E-state index in [1.54, 1.807) is 0 Å². The van der Waals surface area contributed by atoms with Crippen molar-refractivity contribution in [3.8, 4) is 0 Å². The molecule has 38 valence electrons. The van der Waals surface area contributed by atoms with E-state index in [-0.39, 0.29) is 0 Å². The number of hydrogen-bond donors (Lipinski definition) is 0. The second-order valence-corrected chi connectivity index (χ2v) is 0. The van der Waals surface area contributed by atoms with Crippen LogP contribution in [-0.4, -0.2) is 7.85 Å². The Morgan fingerprint density at radius 1 is 0.667 bits per heavy atom. The Morgan fingerprint density at radius 3 is 0.667 bits per heavy atom. The van der Waals surface area contributed by atoms with E-state index in [2.05, 4.69) is 7.85 Å². The molecule has 0 fully saturated rings. The molecule has 0 atom stereocenters. The molecule has 0 nitrogen and oxygen atoms in total. The van der Waals surface area contributed by atoms with Gasteiger partial charge >= 0.3 is 0 Å². The largest absolute Gasteiger partial charge is 0.0999 e. The Morgan fingerprint density at radius 2 is 0.667 bits per heavy atom. The monoisotopic (exact) mass is 86.1 g/mol. The van der Waals surface area contributed by atoms with Gasteiger partial charge in [0, 0.05) is 0 Å². The molecule has 0 unspecified atom stereocenters. The predicted molar refractivity (Wildman–Crippen MR) is 34.3 cm³/mol. The van der Waals surface area contributed by atoms with Crippen LogP contribution in [0.1, 0.15) is 27.7 Å². The van der Waals surface area contributed by atoms with Gasteiger partial charge in [-0.25, -0.2) is 0 Å². The van der Waals surface area contributed by atoms with E-state index < -0.39 is 0 Å². The van der Waals surface area contributed by atoms with E-state index in [9.17, 15) is 0 Å². The first-order valence-corrected chi connectivity index (χ1v) is 2.58. The van der Waals surface area contributed by atoms with Crippen LogP contribution in [-0.2, 0) is 0 Å². The summed E-state index contributed by atoms with van der Waals surface area (Å²) < 4.78 is 0. The molecule has 2 radical (unpaired) electrons. The zero-order valence-electron chi connectivity index (χ0n) is 5.58. The second-order valence-electron chi connectivity index (χ2n) is 0. The van der Waals surface area contributed by atoms with E-state index in [0.29, 0.717) is 0 Å². The van der Waals surface area contributed by atoms with Crippen LogP contribution in [0.4, 0.5) is 0 Å². The molecule has 0 saturated heterocycles. The van der Waals surface area contributed by atoms with Gasteiger partial charge in [-0.2, -0.15) is 0 Å². The first kappa shape index (κ1) is 16.6. The molecular weight excluding hydrogens is 70.9 g/mol. The lowest BCUT2D eigenvalue weighted by molar-refractivity contribution is 1.50. The Labute approximate surface area is 43.4 Å². The summed E-state index contributed by atoms with van der Waals surface area (Å²) in [5.41, 5.74) is 0. The lowest BCUT2D eigenvalue weighted by Gasteiger charge is -1.07. The fourth-order valence-electron chi connectivity index (χ4n) is 0. The Kier molecular flexibility index (Phi) is 54800. The maximum absolute atomic E-state index is 4.50. The summed E-state index contributed by atoms with van der Waals surface area (Å²) in [6, 6.07) is 0. The van der Waals surface area contributed by atoms with E-state index in [0.717, 1.165) is 0 Å². The molecule has 0 aromatic heterocycles. The molecule has 0 aromatic carbocycles. The van der Waals surface area contributed by atoms with Crippen LogP contribution in [0.5, 0.6) is 0 Å². The van der Waals surface area contributed by atoms with Gasteiger partial charge in [-0.05, 0) is 0 Å². The molecule has 0 spiro atoms. The molecule has 0 aliphatic carbocycles. The van der Waals surface area contributed by atoms with Crippen LogP contribution in [0.3, 0.4) is 0 Å². The standard InChI is InChI=1S/2C2H6.CH3B/c3*1-2/h2*1-2H3;1H3. The second kappa shape index (κ2) is 19800. The van der Waals surface area contributed by atoms with E-state index in [1.807, 2.05) is 27.7 Å². The summed E-state index contributed by atoms with van der Waals surface area (Å²) in [7, 11) is 4.50. The van der Waals surface area contributed by atoms with Crippen molar-refractivity contribution in [2.24, 2.45) is 0 Å². The van der Waals surface area contributed by atoms with Gasteiger partial charge in [0.25, 0.3) is 0 Å². The van der Waals surface area contributed by atoms with Gasteiger partial charge in [-0.3, -0.25) is 0 Å². The van der Waals surface area contributed by atoms with Crippen molar-refractivity contribution in [2.45, 2.75) is 34.5 Å². The zero-order chi connectivity index (χ0) is 6.00. The molecule has 0 bridgehead atoms. The maximum atomic E-state index is 4.50. The molecule has 0 aromatic rings. The van der Waals surface area contributed by atoms with Crippen molar-refractivity contribution >= 4 is 7.85 Å². The van der Waals surface area contributed by atoms with Crippen molar-refractivity contribution in [1.29, 1.82) is 0 Å². The van der Waals surface area contributed by atoms with E-state index in [1.165, 1.54) is 6.82 Å². The molecule has 0 saturated carbocycles.